The molecule has 0 saturated heterocycles. The largest absolute Gasteiger partial charge is 0.294 e. The van der Waals surface area contributed by atoms with Crippen LogP contribution in [0.4, 0.5) is 4.39 Å². The molecule has 1 saturated carbocycles. The van der Waals surface area contributed by atoms with Crippen molar-refractivity contribution in [3.8, 4) is 11.3 Å². The average molecular weight is 349 g/mol. The quantitative estimate of drug-likeness (QED) is 0.784. The van der Waals surface area contributed by atoms with Gasteiger partial charge in [0.15, 0.2) is 0 Å². The Bertz CT molecular complexity index is 947. The summed E-state index contributed by atoms with van der Waals surface area (Å²) in [7, 11) is 0. The molecule has 0 unspecified atom stereocenters. The molecular weight excluding hydrogens is 329 g/mol. The minimum absolute atomic E-state index is 0.237. The van der Waals surface area contributed by atoms with Crippen molar-refractivity contribution in [1.29, 1.82) is 0 Å². The third kappa shape index (κ3) is 3.01. The molecule has 26 heavy (non-hydrogen) atoms. The fourth-order valence-corrected chi connectivity index (χ4v) is 3.63. The molecule has 3 heterocycles. The van der Waals surface area contributed by atoms with Crippen molar-refractivity contribution in [3.05, 3.63) is 65.1 Å². The molecular formula is C20H20FN5. The van der Waals surface area contributed by atoms with Crippen LogP contribution in [0.3, 0.4) is 0 Å². The van der Waals surface area contributed by atoms with Crippen molar-refractivity contribution in [1.82, 2.24) is 25.1 Å². The predicted molar refractivity (Wildman–Crippen MR) is 95.8 cm³/mol. The zero-order valence-corrected chi connectivity index (χ0v) is 14.5. The summed E-state index contributed by atoms with van der Waals surface area (Å²) in [6.45, 7) is 2.57. The first-order chi connectivity index (χ1) is 12.8. The maximum absolute atomic E-state index is 13.5. The van der Waals surface area contributed by atoms with Crippen molar-refractivity contribution >= 4 is 0 Å². The molecule has 0 atom stereocenters. The maximum Gasteiger partial charge on any atom is 0.131 e. The van der Waals surface area contributed by atoms with Gasteiger partial charge in [0.05, 0.1) is 11.9 Å². The highest BCUT2D eigenvalue weighted by atomic mass is 19.1. The van der Waals surface area contributed by atoms with E-state index in [1.54, 1.807) is 6.07 Å². The number of nitrogens with zero attached hydrogens (tertiary/aromatic N) is 4. The number of benzene rings is 1. The first-order valence-electron chi connectivity index (χ1n) is 9.11. The van der Waals surface area contributed by atoms with E-state index in [1.807, 2.05) is 18.5 Å². The Morgan fingerprint density at radius 2 is 2.15 bits per heavy atom. The molecule has 1 aromatic carbocycles. The van der Waals surface area contributed by atoms with Gasteiger partial charge in [-0.1, -0.05) is 12.1 Å². The van der Waals surface area contributed by atoms with Crippen LogP contribution in [0.25, 0.3) is 11.3 Å². The van der Waals surface area contributed by atoms with E-state index >= 15 is 0 Å². The van der Waals surface area contributed by atoms with Crippen LogP contribution < -0.4 is 0 Å². The van der Waals surface area contributed by atoms with Crippen molar-refractivity contribution in [2.75, 3.05) is 6.54 Å². The Kier molecular flexibility index (Phi) is 3.78. The number of rotatable bonds is 4. The van der Waals surface area contributed by atoms with E-state index in [2.05, 4.69) is 20.1 Å². The van der Waals surface area contributed by atoms with E-state index < -0.39 is 0 Å². The van der Waals surface area contributed by atoms with Gasteiger partial charge in [0, 0.05) is 60.6 Å². The summed E-state index contributed by atoms with van der Waals surface area (Å²) in [5.41, 5.74) is 5.21. The van der Waals surface area contributed by atoms with E-state index in [-0.39, 0.29) is 5.82 Å². The first kappa shape index (κ1) is 15.6. The molecule has 1 aliphatic carbocycles. The number of aromatic nitrogens is 4. The molecule has 0 radical (unpaired) electrons. The number of H-pyrrole nitrogens is 1. The van der Waals surface area contributed by atoms with Crippen LogP contribution in [0.15, 0.2) is 36.7 Å². The molecule has 3 aromatic rings. The van der Waals surface area contributed by atoms with Gasteiger partial charge in [-0.3, -0.25) is 10.00 Å². The van der Waals surface area contributed by atoms with E-state index in [1.165, 1.54) is 36.2 Å². The average Bonchev–Trinajstić information content (AvgIpc) is 3.41. The summed E-state index contributed by atoms with van der Waals surface area (Å²) in [5, 5.41) is 7.19. The van der Waals surface area contributed by atoms with E-state index in [9.17, 15) is 4.39 Å². The second-order valence-electron chi connectivity index (χ2n) is 7.22. The van der Waals surface area contributed by atoms with Crippen LogP contribution in [0, 0.1) is 5.82 Å². The van der Waals surface area contributed by atoms with Gasteiger partial charge >= 0.3 is 0 Å². The van der Waals surface area contributed by atoms with Gasteiger partial charge in [-0.05, 0) is 25.0 Å². The van der Waals surface area contributed by atoms with Gasteiger partial charge < -0.3 is 0 Å². The standard InChI is InChI=1S/C20H20FN5/c21-17-3-1-2-14(8-17)19-16(10-23-25-19)12-26-7-6-18-15(11-26)9-22-20(24-18)13-4-5-13/h1-3,8-10,13H,4-7,11-12H2,(H,23,25). The molecule has 0 bridgehead atoms. The van der Waals surface area contributed by atoms with Crippen LogP contribution in [0.1, 0.15) is 41.4 Å². The van der Waals surface area contributed by atoms with Gasteiger partial charge in [-0.15, -0.1) is 0 Å². The molecule has 2 aromatic heterocycles. The van der Waals surface area contributed by atoms with E-state index in [0.717, 1.165) is 48.7 Å². The number of aromatic amines is 1. The Balaban J connectivity index is 1.34. The summed E-state index contributed by atoms with van der Waals surface area (Å²) in [6.07, 6.45) is 7.25. The van der Waals surface area contributed by atoms with Crippen molar-refractivity contribution in [3.63, 3.8) is 0 Å². The van der Waals surface area contributed by atoms with Crippen LogP contribution in [-0.2, 0) is 19.5 Å². The summed E-state index contributed by atoms with van der Waals surface area (Å²) in [6, 6.07) is 6.62. The lowest BCUT2D eigenvalue weighted by Crippen LogP contribution is -2.31. The van der Waals surface area contributed by atoms with Gasteiger partial charge in [-0.25, -0.2) is 14.4 Å². The molecule has 5 rings (SSSR count). The number of hydrogen-bond acceptors (Lipinski definition) is 4. The van der Waals surface area contributed by atoms with Crippen LogP contribution in [-0.4, -0.2) is 31.6 Å². The Labute approximate surface area is 151 Å². The Hall–Kier alpha value is -2.60. The lowest BCUT2D eigenvalue weighted by molar-refractivity contribution is 0.243. The zero-order chi connectivity index (χ0) is 17.5. The van der Waals surface area contributed by atoms with Crippen molar-refractivity contribution < 1.29 is 4.39 Å². The third-order valence-electron chi connectivity index (χ3n) is 5.20. The minimum atomic E-state index is -0.237. The van der Waals surface area contributed by atoms with Crippen LogP contribution in [0.2, 0.25) is 0 Å². The summed E-state index contributed by atoms with van der Waals surface area (Å²) in [5.74, 6) is 1.39. The van der Waals surface area contributed by atoms with Crippen LogP contribution in [0.5, 0.6) is 0 Å². The molecule has 0 amide bonds. The highest BCUT2D eigenvalue weighted by Crippen LogP contribution is 2.38. The molecule has 5 nitrogen and oxygen atoms in total. The van der Waals surface area contributed by atoms with Crippen molar-refractivity contribution in [2.45, 2.75) is 38.3 Å². The molecule has 2 aliphatic rings. The smallest absolute Gasteiger partial charge is 0.131 e. The number of fused-ring (bicyclic) bond motifs is 1. The molecule has 132 valence electrons. The maximum atomic E-state index is 13.5. The number of hydrogen-bond donors (Lipinski definition) is 1. The minimum Gasteiger partial charge on any atom is -0.294 e. The highest BCUT2D eigenvalue weighted by Gasteiger charge is 2.28. The highest BCUT2D eigenvalue weighted by molar-refractivity contribution is 5.62. The second-order valence-corrected chi connectivity index (χ2v) is 7.22. The number of nitrogens with one attached hydrogen (secondary N) is 1. The van der Waals surface area contributed by atoms with Crippen molar-refractivity contribution in [2.24, 2.45) is 0 Å². The monoisotopic (exact) mass is 349 g/mol. The van der Waals surface area contributed by atoms with Gasteiger partial charge in [0.2, 0.25) is 0 Å². The zero-order valence-electron chi connectivity index (χ0n) is 14.5. The SMILES string of the molecule is Fc1cccc(-c2[nH]ncc2CN2CCc3nc(C4CC4)ncc3C2)c1. The summed E-state index contributed by atoms with van der Waals surface area (Å²) >= 11 is 0. The molecule has 1 N–H and O–H groups in total. The van der Waals surface area contributed by atoms with E-state index in [0.29, 0.717) is 5.92 Å². The molecule has 6 heteroatoms. The van der Waals surface area contributed by atoms with Gasteiger partial charge in [0.1, 0.15) is 11.6 Å². The van der Waals surface area contributed by atoms with E-state index in [4.69, 9.17) is 4.98 Å². The van der Waals surface area contributed by atoms with Crippen LogP contribution >= 0.6 is 0 Å². The van der Waals surface area contributed by atoms with Gasteiger partial charge in [-0.2, -0.15) is 5.10 Å². The second kappa shape index (κ2) is 6.29. The lowest BCUT2D eigenvalue weighted by atomic mass is 10.0. The first-order valence-corrected chi connectivity index (χ1v) is 9.11. The fourth-order valence-electron chi connectivity index (χ4n) is 3.63. The molecule has 1 fully saturated rings. The number of halogens is 1. The molecule has 1 aliphatic heterocycles. The third-order valence-corrected chi connectivity index (χ3v) is 5.20. The fraction of sp³-hybridized carbons (Fsp3) is 0.350. The Morgan fingerprint density at radius 3 is 3.00 bits per heavy atom. The lowest BCUT2D eigenvalue weighted by Gasteiger charge is -2.28. The molecule has 0 spiro atoms. The van der Waals surface area contributed by atoms with Gasteiger partial charge in [0.25, 0.3) is 0 Å². The summed E-state index contributed by atoms with van der Waals surface area (Å²) in [4.78, 5) is 11.7. The normalized spacial score (nSPS) is 17.3. The summed E-state index contributed by atoms with van der Waals surface area (Å²) < 4.78 is 13.5. The topological polar surface area (TPSA) is 57.7 Å². The predicted octanol–water partition coefficient (Wildman–Crippen LogP) is 3.44. The Morgan fingerprint density at radius 1 is 1.23 bits per heavy atom.